The second-order valence-corrected chi connectivity index (χ2v) is 4.45. The number of hydrogen-bond acceptors (Lipinski definition) is 1. The maximum atomic E-state index is 13.5. The first kappa shape index (κ1) is 12.2. The molecule has 0 aliphatic heterocycles. The fraction of sp³-hybridized carbons (Fsp3) is 0.429. The molecule has 0 aromatic heterocycles. The average Bonchev–Trinajstić information content (AvgIpc) is 2.60. The van der Waals surface area contributed by atoms with Gasteiger partial charge in [0.1, 0.15) is 17.7 Å². The van der Waals surface area contributed by atoms with Gasteiger partial charge in [-0.1, -0.05) is 12.5 Å². The van der Waals surface area contributed by atoms with E-state index in [2.05, 4.69) is 0 Å². The van der Waals surface area contributed by atoms with Crippen LogP contribution in [-0.2, 0) is 0 Å². The molecule has 0 amide bonds. The molecule has 1 aromatic rings. The molecule has 3 heteroatoms. The number of halogens is 2. The molecule has 0 saturated heterocycles. The second kappa shape index (κ2) is 5.41. The molecule has 92 valence electrons. The van der Waals surface area contributed by atoms with E-state index in [1.807, 2.05) is 6.08 Å². The Bertz CT molecular complexity index is 426. The first-order valence-electron chi connectivity index (χ1n) is 6.00. The number of allylic oxidation sites excluding steroid dienone is 1. The van der Waals surface area contributed by atoms with Crippen LogP contribution in [-0.4, -0.2) is 5.11 Å². The quantitative estimate of drug-likeness (QED) is 0.775. The van der Waals surface area contributed by atoms with E-state index in [1.54, 1.807) is 0 Å². The summed E-state index contributed by atoms with van der Waals surface area (Å²) in [5.41, 5.74) is 0.852. The summed E-state index contributed by atoms with van der Waals surface area (Å²) in [6, 6.07) is 3.20. The summed E-state index contributed by atoms with van der Waals surface area (Å²) in [4.78, 5) is 0. The van der Waals surface area contributed by atoms with Gasteiger partial charge >= 0.3 is 0 Å². The highest BCUT2D eigenvalue weighted by Crippen LogP contribution is 2.30. The Morgan fingerprint density at radius 3 is 2.76 bits per heavy atom. The molecule has 0 spiro atoms. The average molecular weight is 238 g/mol. The third-order valence-electron chi connectivity index (χ3n) is 3.18. The number of aliphatic hydroxyl groups is 1. The van der Waals surface area contributed by atoms with Gasteiger partial charge in [0.25, 0.3) is 0 Å². The molecule has 1 aliphatic carbocycles. The Hall–Kier alpha value is -1.22. The van der Waals surface area contributed by atoms with Gasteiger partial charge in [-0.25, -0.2) is 8.78 Å². The van der Waals surface area contributed by atoms with E-state index in [1.165, 1.54) is 0 Å². The van der Waals surface area contributed by atoms with E-state index in [9.17, 15) is 13.9 Å². The van der Waals surface area contributed by atoms with Crippen LogP contribution >= 0.6 is 0 Å². The van der Waals surface area contributed by atoms with Crippen LogP contribution in [0.2, 0.25) is 0 Å². The fourth-order valence-corrected chi connectivity index (χ4v) is 2.21. The molecule has 1 unspecified atom stereocenters. The summed E-state index contributed by atoms with van der Waals surface area (Å²) < 4.78 is 26.6. The zero-order chi connectivity index (χ0) is 12.3. The van der Waals surface area contributed by atoms with Crippen LogP contribution in [0.3, 0.4) is 0 Å². The standard InChI is InChI=1S/C14H16F2O/c15-11-7-8-13(16)12(9-11)14(17)10-5-3-1-2-4-6-10/h5,7-9,14,17H,1-4,6H2. The Morgan fingerprint density at radius 2 is 1.94 bits per heavy atom. The Labute approximate surface area is 99.8 Å². The first-order chi connectivity index (χ1) is 8.18. The number of hydrogen-bond donors (Lipinski definition) is 1. The van der Waals surface area contributed by atoms with E-state index in [-0.39, 0.29) is 5.56 Å². The molecule has 1 aromatic carbocycles. The predicted octanol–water partition coefficient (Wildman–Crippen LogP) is 3.89. The predicted molar refractivity (Wildman–Crippen MR) is 62.5 cm³/mol. The van der Waals surface area contributed by atoms with Crippen molar-refractivity contribution in [2.45, 2.75) is 38.2 Å². The molecule has 0 radical (unpaired) electrons. The smallest absolute Gasteiger partial charge is 0.129 e. The molecule has 1 atom stereocenters. The van der Waals surface area contributed by atoms with Gasteiger partial charge in [-0.15, -0.1) is 0 Å². The zero-order valence-corrected chi connectivity index (χ0v) is 9.63. The maximum absolute atomic E-state index is 13.5. The van der Waals surface area contributed by atoms with Crippen molar-refractivity contribution in [1.29, 1.82) is 0 Å². The van der Waals surface area contributed by atoms with Gasteiger partial charge in [0.15, 0.2) is 0 Å². The molecule has 0 bridgehead atoms. The lowest BCUT2D eigenvalue weighted by Gasteiger charge is -2.15. The minimum absolute atomic E-state index is 0.0400. The maximum Gasteiger partial charge on any atom is 0.129 e. The molecular weight excluding hydrogens is 222 g/mol. The van der Waals surface area contributed by atoms with Crippen molar-refractivity contribution in [1.82, 2.24) is 0 Å². The van der Waals surface area contributed by atoms with Gasteiger partial charge in [-0.2, -0.15) is 0 Å². The van der Waals surface area contributed by atoms with Crippen molar-refractivity contribution in [3.63, 3.8) is 0 Å². The monoisotopic (exact) mass is 238 g/mol. The van der Waals surface area contributed by atoms with Crippen LogP contribution in [0.1, 0.15) is 43.8 Å². The van der Waals surface area contributed by atoms with Crippen LogP contribution in [0, 0.1) is 11.6 Å². The molecule has 1 aliphatic rings. The molecule has 2 rings (SSSR count). The van der Waals surface area contributed by atoms with Gasteiger partial charge in [-0.3, -0.25) is 0 Å². The van der Waals surface area contributed by atoms with Crippen LogP contribution in [0.5, 0.6) is 0 Å². The lowest BCUT2D eigenvalue weighted by atomic mass is 9.97. The van der Waals surface area contributed by atoms with Gasteiger partial charge in [0, 0.05) is 5.56 Å². The van der Waals surface area contributed by atoms with Crippen molar-refractivity contribution in [3.8, 4) is 0 Å². The Balaban J connectivity index is 2.26. The van der Waals surface area contributed by atoms with E-state index in [4.69, 9.17) is 0 Å². The van der Waals surface area contributed by atoms with E-state index in [0.717, 1.165) is 55.9 Å². The largest absolute Gasteiger partial charge is 0.384 e. The van der Waals surface area contributed by atoms with Crippen LogP contribution in [0.15, 0.2) is 29.8 Å². The lowest BCUT2D eigenvalue weighted by molar-refractivity contribution is 0.205. The minimum Gasteiger partial charge on any atom is -0.384 e. The van der Waals surface area contributed by atoms with Crippen LogP contribution in [0.25, 0.3) is 0 Å². The Kier molecular flexibility index (Phi) is 3.89. The molecule has 1 nitrogen and oxygen atoms in total. The van der Waals surface area contributed by atoms with Crippen molar-refractivity contribution in [3.05, 3.63) is 47.0 Å². The van der Waals surface area contributed by atoms with Crippen molar-refractivity contribution in [2.75, 3.05) is 0 Å². The van der Waals surface area contributed by atoms with Gasteiger partial charge in [0.05, 0.1) is 0 Å². The summed E-state index contributed by atoms with van der Waals surface area (Å²) in [7, 11) is 0. The third kappa shape index (κ3) is 2.91. The SMILES string of the molecule is OC(C1=CCCCCC1)c1cc(F)ccc1F. The van der Waals surface area contributed by atoms with E-state index >= 15 is 0 Å². The first-order valence-corrected chi connectivity index (χ1v) is 6.00. The highest BCUT2D eigenvalue weighted by atomic mass is 19.1. The highest BCUT2D eigenvalue weighted by molar-refractivity contribution is 5.28. The van der Waals surface area contributed by atoms with E-state index < -0.39 is 17.7 Å². The normalized spacial score (nSPS) is 18.4. The van der Waals surface area contributed by atoms with Gasteiger partial charge in [0.2, 0.25) is 0 Å². The number of aliphatic hydroxyl groups excluding tert-OH is 1. The summed E-state index contributed by atoms with van der Waals surface area (Å²) >= 11 is 0. The molecular formula is C14H16F2O. The molecule has 0 saturated carbocycles. The Morgan fingerprint density at radius 1 is 1.12 bits per heavy atom. The van der Waals surface area contributed by atoms with Crippen LogP contribution < -0.4 is 0 Å². The summed E-state index contributed by atoms with van der Waals surface area (Å²) in [5.74, 6) is -1.07. The second-order valence-electron chi connectivity index (χ2n) is 4.45. The summed E-state index contributed by atoms with van der Waals surface area (Å²) in [5, 5.41) is 10.1. The molecule has 0 fully saturated rings. The molecule has 0 heterocycles. The molecule has 17 heavy (non-hydrogen) atoms. The van der Waals surface area contributed by atoms with Gasteiger partial charge < -0.3 is 5.11 Å². The summed E-state index contributed by atoms with van der Waals surface area (Å²) in [6.45, 7) is 0. The molecule has 1 N–H and O–H groups in total. The highest BCUT2D eigenvalue weighted by Gasteiger charge is 2.18. The van der Waals surface area contributed by atoms with Crippen molar-refractivity contribution < 1.29 is 13.9 Å². The fourth-order valence-electron chi connectivity index (χ4n) is 2.21. The lowest BCUT2D eigenvalue weighted by Crippen LogP contribution is -2.05. The number of rotatable bonds is 2. The zero-order valence-electron chi connectivity index (χ0n) is 9.63. The summed E-state index contributed by atoms with van der Waals surface area (Å²) in [6.07, 6.45) is 5.84. The van der Waals surface area contributed by atoms with E-state index in [0.29, 0.717) is 0 Å². The topological polar surface area (TPSA) is 20.2 Å². The van der Waals surface area contributed by atoms with Crippen molar-refractivity contribution in [2.24, 2.45) is 0 Å². The minimum atomic E-state index is -1.01. The van der Waals surface area contributed by atoms with Crippen LogP contribution in [0.4, 0.5) is 8.78 Å². The van der Waals surface area contributed by atoms with Crippen molar-refractivity contribution >= 4 is 0 Å². The van der Waals surface area contributed by atoms with Gasteiger partial charge in [-0.05, 0) is 49.5 Å². The number of benzene rings is 1. The third-order valence-corrected chi connectivity index (χ3v) is 3.18.